The number of hydrogen-bond acceptors (Lipinski definition) is 4. The molecule has 4 aliphatic rings. The molecular weight excluding hydrogens is 378 g/mol. The monoisotopic (exact) mass is 411 g/mol. The number of carbonyl (C=O) groups is 2. The Kier molecular flexibility index (Phi) is 4.42. The molecule has 1 N–H and O–H groups in total. The summed E-state index contributed by atoms with van der Waals surface area (Å²) in [6, 6.07) is 6.47. The summed E-state index contributed by atoms with van der Waals surface area (Å²) in [5, 5.41) is 2.88. The van der Waals surface area contributed by atoms with Gasteiger partial charge < -0.3 is 15.0 Å². The Morgan fingerprint density at radius 2 is 1.87 bits per heavy atom. The van der Waals surface area contributed by atoms with Gasteiger partial charge in [-0.1, -0.05) is 26.8 Å². The minimum absolute atomic E-state index is 0.0412. The first-order valence-electron chi connectivity index (χ1n) is 11.4. The minimum atomic E-state index is -0.345. The van der Waals surface area contributed by atoms with Crippen LogP contribution in [0.2, 0.25) is 0 Å². The Morgan fingerprint density at radius 3 is 2.47 bits per heavy atom. The van der Waals surface area contributed by atoms with Crippen molar-refractivity contribution in [1.82, 2.24) is 15.2 Å². The van der Waals surface area contributed by atoms with E-state index in [4.69, 9.17) is 9.72 Å². The lowest BCUT2D eigenvalue weighted by molar-refractivity contribution is -0.144. The number of hydrogen-bond donors (Lipinski definition) is 1. The molecule has 2 amide bonds. The second-order valence-electron chi connectivity index (χ2n) is 11.2. The lowest BCUT2D eigenvalue weighted by Crippen LogP contribution is -2.59. The van der Waals surface area contributed by atoms with Crippen LogP contribution in [0.15, 0.2) is 18.2 Å². The van der Waals surface area contributed by atoms with Crippen molar-refractivity contribution in [3.63, 3.8) is 0 Å². The predicted molar refractivity (Wildman–Crippen MR) is 113 cm³/mol. The number of carbonyl (C=O) groups excluding carboxylic acids is 2. The van der Waals surface area contributed by atoms with E-state index in [1.165, 1.54) is 24.2 Å². The van der Waals surface area contributed by atoms with Crippen LogP contribution in [0.4, 0.5) is 4.79 Å². The number of rotatable bonds is 2. The predicted octanol–water partition coefficient (Wildman–Crippen LogP) is 3.75. The summed E-state index contributed by atoms with van der Waals surface area (Å²) in [5.74, 6) is 0.874. The lowest BCUT2D eigenvalue weighted by Gasteiger charge is -2.53. The van der Waals surface area contributed by atoms with E-state index in [2.05, 4.69) is 49.2 Å². The second kappa shape index (κ2) is 6.69. The van der Waals surface area contributed by atoms with Crippen LogP contribution in [-0.4, -0.2) is 47.1 Å². The summed E-state index contributed by atoms with van der Waals surface area (Å²) in [6.45, 7) is 8.79. The summed E-state index contributed by atoms with van der Waals surface area (Å²) in [5.41, 5.74) is 2.62. The fourth-order valence-corrected chi connectivity index (χ4v) is 5.93. The number of ether oxygens (including phenoxy) is 1. The van der Waals surface area contributed by atoms with Gasteiger partial charge in [-0.2, -0.15) is 0 Å². The van der Waals surface area contributed by atoms with Crippen LogP contribution >= 0.6 is 0 Å². The first kappa shape index (κ1) is 19.8. The number of nitrogens with one attached hydrogen (secondary N) is 1. The van der Waals surface area contributed by atoms with E-state index in [9.17, 15) is 9.59 Å². The molecule has 3 heterocycles. The Hall–Kier alpha value is -2.11. The first-order chi connectivity index (χ1) is 14.2. The highest BCUT2D eigenvalue weighted by atomic mass is 16.6. The summed E-state index contributed by atoms with van der Waals surface area (Å²) in [4.78, 5) is 31.2. The number of nitrogens with zero attached hydrogens (tertiary/aromatic N) is 2. The molecule has 5 rings (SSSR count). The molecule has 0 radical (unpaired) electrons. The molecule has 2 saturated carbocycles. The maximum absolute atomic E-state index is 12.9. The van der Waals surface area contributed by atoms with Crippen LogP contribution in [0.3, 0.4) is 0 Å². The Bertz CT molecular complexity index is 853. The number of alkyl carbamates (subject to hydrolysis) is 1. The van der Waals surface area contributed by atoms with Crippen LogP contribution < -0.4 is 5.32 Å². The van der Waals surface area contributed by atoms with Gasteiger partial charge in [0.2, 0.25) is 5.91 Å². The van der Waals surface area contributed by atoms with Gasteiger partial charge in [0.15, 0.2) is 0 Å². The average Bonchev–Trinajstić information content (AvgIpc) is 3.06. The van der Waals surface area contributed by atoms with Gasteiger partial charge in [0.05, 0.1) is 5.54 Å². The largest absolute Gasteiger partial charge is 0.447 e. The molecule has 2 aliphatic carbocycles. The summed E-state index contributed by atoms with van der Waals surface area (Å²) in [7, 11) is 0. The number of cyclic esters (lactones) is 1. The van der Waals surface area contributed by atoms with Gasteiger partial charge in [0.1, 0.15) is 6.61 Å². The second-order valence-corrected chi connectivity index (χ2v) is 11.2. The van der Waals surface area contributed by atoms with Crippen molar-refractivity contribution in [2.75, 3.05) is 19.7 Å². The zero-order valence-electron chi connectivity index (χ0n) is 18.4. The SMILES string of the molecule is CC(C)(C)c1cccc(C2CC3(CCN(C(=O)[C@H]4C[C@]5(COC(=O)N5)C4)CC3)C2)n1. The minimum Gasteiger partial charge on any atom is -0.447 e. The van der Waals surface area contributed by atoms with Crippen molar-refractivity contribution in [2.45, 2.75) is 76.2 Å². The highest BCUT2D eigenvalue weighted by Crippen LogP contribution is 2.56. The Labute approximate surface area is 178 Å². The molecule has 0 aromatic carbocycles. The molecule has 2 aliphatic heterocycles. The number of piperidine rings is 1. The van der Waals surface area contributed by atoms with E-state index in [1.807, 2.05) is 0 Å². The summed E-state index contributed by atoms with van der Waals surface area (Å²) in [6.07, 6.45) is 5.70. The van der Waals surface area contributed by atoms with Crippen LogP contribution in [-0.2, 0) is 14.9 Å². The number of aromatic nitrogens is 1. The zero-order chi connectivity index (χ0) is 21.1. The van der Waals surface area contributed by atoms with E-state index in [1.54, 1.807) is 0 Å². The highest BCUT2D eigenvalue weighted by Gasteiger charge is 2.54. The van der Waals surface area contributed by atoms with Gasteiger partial charge in [-0.3, -0.25) is 9.78 Å². The van der Waals surface area contributed by atoms with E-state index in [0.29, 0.717) is 17.9 Å². The first-order valence-corrected chi connectivity index (χ1v) is 11.4. The molecule has 4 fully saturated rings. The van der Waals surface area contributed by atoms with Crippen LogP contribution in [0.1, 0.15) is 76.6 Å². The smallest absolute Gasteiger partial charge is 0.407 e. The third kappa shape index (κ3) is 3.38. The van der Waals surface area contributed by atoms with Crippen molar-refractivity contribution in [3.8, 4) is 0 Å². The topological polar surface area (TPSA) is 71.5 Å². The van der Waals surface area contributed by atoms with Crippen LogP contribution in [0, 0.1) is 11.3 Å². The number of likely N-dealkylation sites (tertiary alicyclic amines) is 1. The molecule has 0 unspecified atom stereocenters. The fraction of sp³-hybridized carbons (Fsp3) is 0.708. The van der Waals surface area contributed by atoms with Gasteiger partial charge >= 0.3 is 6.09 Å². The van der Waals surface area contributed by atoms with E-state index in [0.717, 1.165) is 38.8 Å². The van der Waals surface area contributed by atoms with E-state index >= 15 is 0 Å². The summed E-state index contributed by atoms with van der Waals surface area (Å²) < 4.78 is 5.03. The molecule has 6 nitrogen and oxygen atoms in total. The standard InChI is InChI=1S/C24H33N3O3/c1-22(2,3)19-6-4-5-18(25-19)16-11-23(12-16)7-9-27(10-8-23)20(28)17-13-24(14-17)15-30-21(29)26-24/h4-6,16-17H,7-15H2,1-3H3,(H,26,29)/t17-,24+. The van der Waals surface area contributed by atoms with Gasteiger partial charge in [0.25, 0.3) is 0 Å². The molecule has 2 spiro atoms. The van der Waals surface area contributed by atoms with Crippen molar-refractivity contribution < 1.29 is 14.3 Å². The highest BCUT2D eigenvalue weighted by molar-refractivity contribution is 5.81. The number of amides is 2. The molecular formula is C24H33N3O3. The van der Waals surface area contributed by atoms with Gasteiger partial charge in [-0.25, -0.2) is 4.79 Å². The third-order valence-corrected chi connectivity index (χ3v) is 7.92. The normalized spacial score (nSPS) is 27.4. The van der Waals surface area contributed by atoms with E-state index in [-0.39, 0.29) is 28.9 Å². The quantitative estimate of drug-likeness (QED) is 0.804. The third-order valence-electron chi connectivity index (χ3n) is 7.92. The molecule has 2 saturated heterocycles. The Morgan fingerprint density at radius 1 is 1.17 bits per heavy atom. The fourth-order valence-electron chi connectivity index (χ4n) is 5.93. The van der Waals surface area contributed by atoms with Gasteiger partial charge in [-0.05, 0) is 56.1 Å². The lowest BCUT2D eigenvalue weighted by atomic mass is 9.56. The van der Waals surface area contributed by atoms with Crippen LogP contribution in [0.5, 0.6) is 0 Å². The maximum atomic E-state index is 12.9. The van der Waals surface area contributed by atoms with Crippen molar-refractivity contribution in [3.05, 3.63) is 29.6 Å². The van der Waals surface area contributed by atoms with E-state index < -0.39 is 0 Å². The Balaban J connectivity index is 1.12. The molecule has 6 heteroatoms. The van der Waals surface area contributed by atoms with Crippen molar-refractivity contribution in [2.24, 2.45) is 11.3 Å². The molecule has 1 aromatic heterocycles. The molecule has 0 bridgehead atoms. The molecule has 162 valence electrons. The summed E-state index contributed by atoms with van der Waals surface area (Å²) >= 11 is 0. The molecule has 1 aromatic rings. The van der Waals surface area contributed by atoms with Crippen molar-refractivity contribution >= 4 is 12.0 Å². The van der Waals surface area contributed by atoms with Gasteiger partial charge in [0, 0.05) is 41.7 Å². The average molecular weight is 412 g/mol. The molecule has 30 heavy (non-hydrogen) atoms. The number of pyridine rings is 1. The van der Waals surface area contributed by atoms with Gasteiger partial charge in [-0.15, -0.1) is 0 Å². The van der Waals surface area contributed by atoms with Crippen molar-refractivity contribution in [1.29, 1.82) is 0 Å². The van der Waals surface area contributed by atoms with Crippen LogP contribution in [0.25, 0.3) is 0 Å². The zero-order valence-corrected chi connectivity index (χ0v) is 18.4. The maximum Gasteiger partial charge on any atom is 0.407 e. The molecule has 0 atom stereocenters.